The summed E-state index contributed by atoms with van der Waals surface area (Å²) in [7, 11) is 1.99. The molecule has 1 aliphatic carbocycles. The molecule has 0 atom stereocenters. The lowest BCUT2D eigenvalue weighted by atomic mass is 9.96. The Morgan fingerprint density at radius 1 is 1.16 bits per heavy atom. The van der Waals surface area contributed by atoms with Crippen LogP contribution in [-0.2, 0) is 0 Å². The third-order valence-corrected chi connectivity index (χ3v) is 4.24. The Balaban J connectivity index is 3.42. The summed E-state index contributed by atoms with van der Waals surface area (Å²) in [5.74, 6) is 0.847. The van der Waals surface area contributed by atoms with Gasteiger partial charge in [0.2, 0.25) is 0 Å². The van der Waals surface area contributed by atoms with Crippen LogP contribution >= 0.6 is 0 Å². The monoisotopic (exact) mass is 338 g/mol. The SMILES string of the molecule is C=C(C)N=C(C)C(=C\CC1CC1)/C(NC)=C(C)/C(/C=C\C)=C/C=C/C. The third-order valence-electron chi connectivity index (χ3n) is 4.24. The predicted molar refractivity (Wildman–Crippen MR) is 113 cm³/mol. The fourth-order valence-electron chi connectivity index (χ4n) is 2.77. The fourth-order valence-corrected chi connectivity index (χ4v) is 2.77. The second-order valence-corrected chi connectivity index (χ2v) is 6.63. The number of hydrogen-bond acceptors (Lipinski definition) is 2. The number of nitrogens with zero attached hydrogens (tertiary/aromatic N) is 1. The first-order valence-electron chi connectivity index (χ1n) is 9.20. The summed E-state index contributed by atoms with van der Waals surface area (Å²) in [4.78, 5) is 4.62. The van der Waals surface area contributed by atoms with Crippen molar-refractivity contribution < 1.29 is 0 Å². The molecule has 0 saturated heterocycles. The van der Waals surface area contributed by atoms with E-state index in [-0.39, 0.29) is 0 Å². The van der Waals surface area contributed by atoms with Crippen LogP contribution in [0.4, 0.5) is 0 Å². The first-order valence-corrected chi connectivity index (χ1v) is 9.20. The zero-order valence-electron chi connectivity index (χ0n) is 16.8. The van der Waals surface area contributed by atoms with Crippen molar-refractivity contribution in [2.24, 2.45) is 10.9 Å². The number of aliphatic imine (C=N–C) groups is 1. The first-order chi connectivity index (χ1) is 11.9. The Morgan fingerprint density at radius 3 is 2.32 bits per heavy atom. The summed E-state index contributed by atoms with van der Waals surface area (Å²) in [6.45, 7) is 14.2. The quantitative estimate of drug-likeness (QED) is 0.388. The van der Waals surface area contributed by atoms with Crippen molar-refractivity contribution >= 4 is 5.71 Å². The van der Waals surface area contributed by atoms with Gasteiger partial charge < -0.3 is 5.32 Å². The summed E-state index contributed by atoms with van der Waals surface area (Å²) in [5, 5.41) is 3.42. The van der Waals surface area contributed by atoms with Crippen molar-refractivity contribution in [3.8, 4) is 0 Å². The summed E-state index contributed by atoms with van der Waals surface area (Å²) < 4.78 is 0. The van der Waals surface area contributed by atoms with Crippen LogP contribution in [0.2, 0.25) is 0 Å². The second-order valence-electron chi connectivity index (χ2n) is 6.63. The molecule has 0 aliphatic heterocycles. The largest absolute Gasteiger partial charge is 0.387 e. The molecule has 0 amide bonds. The molecule has 0 aromatic rings. The van der Waals surface area contributed by atoms with Crippen LogP contribution < -0.4 is 5.32 Å². The molecular formula is C23H34N2. The van der Waals surface area contributed by atoms with Crippen LogP contribution in [0.3, 0.4) is 0 Å². The highest BCUT2D eigenvalue weighted by atomic mass is 14.9. The maximum Gasteiger partial charge on any atom is 0.0465 e. The molecule has 1 rings (SSSR count). The minimum absolute atomic E-state index is 0.834. The van der Waals surface area contributed by atoms with Crippen molar-refractivity contribution in [1.82, 2.24) is 5.32 Å². The van der Waals surface area contributed by atoms with Crippen LogP contribution in [0, 0.1) is 5.92 Å². The van der Waals surface area contributed by atoms with E-state index in [0.29, 0.717) is 0 Å². The maximum atomic E-state index is 4.62. The van der Waals surface area contributed by atoms with E-state index in [9.17, 15) is 0 Å². The van der Waals surface area contributed by atoms with Gasteiger partial charge in [-0.2, -0.15) is 0 Å². The lowest BCUT2D eigenvalue weighted by Gasteiger charge is -2.17. The topological polar surface area (TPSA) is 24.4 Å². The molecule has 1 aliphatic rings. The summed E-state index contributed by atoms with van der Waals surface area (Å²) >= 11 is 0. The van der Waals surface area contributed by atoms with E-state index in [1.54, 1.807) is 0 Å². The molecule has 2 nitrogen and oxygen atoms in total. The number of rotatable bonds is 9. The predicted octanol–water partition coefficient (Wildman–Crippen LogP) is 6.28. The second kappa shape index (κ2) is 10.7. The molecular weight excluding hydrogens is 304 g/mol. The van der Waals surface area contributed by atoms with Gasteiger partial charge in [0.15, 0.2) is 0 Å². The van der Waals surface area contributed by atoms with Gasteiger partial charge in [0.25, 0.3) is 0 Å². The molecule has 2 heteroatoms. The first kappa shape index (κ1) is 21.0. The molecule has 1 fully saturated rings. The minimum atomic E-state index is 0.834. The Morgan fingerprint density at radius 2 is 1.84 bits per heavy atom. The summed E-state index contributed by atoms with van der Waals surface area (Å²) in [5.41, 5.74) is 6.59. The average molecular weight is 339 g/mol. The Labute approximate surface area is 154 Å². The highest BCUT2D eigenvalue weighted by Gasteiger charge is 2.21. The van der Waals surface area contributed by atoms with E-state index >= 15 is 0 Å². The van der Waals surface area contributed by atoms with Gasteiger partial charge in [0.05, 0.1) is 0 Å². The molecule has 0 aromatic heterocycles. The van der Waals surface area contributed by atoms with Crippen molar-refractivity contribution in [1.29, 1.82) is 0 Å². The van der Waals surface area contributed by atoms with Crippen molar-refractivity contribution in [2.45, 2.75) is 53.9 Å². The molecule has 0 radical (unpaired) electrons. The molecule has 25 heavy (non-hydrogen) atoms. The molecule has 0 bridgehead atoms. The maximum absolute atomic E-state index is 4.62. The lowest BCUT2D eigenvalue weighted by molar-refractivity contribution is 0.855. The Bertz CT molecular complexity index is 648. The van der Waals surface area contributed by atoms with Gasteiger partial charge in [-0.05, 0) is 70.9 Å². The normalized spacial score (nSPS) is 18.1. The van der Waals surface area contributed by atoms with Gasteiger partial charge in [0.1, 0.15) is 0 Å². The molecule has 1 saturated carbocycles. The Hall–Kier alpha value is -2.09. The van der Waals surface area contributed by atoms with Crippen molar-refractivity contribution in [3.63, 3.8) is 0 Å². The van der Waals surface area contributed by atoms with Gasteiger partial charge in [-0.15, -0.1) is 0 Å². The highest BCUT2D eigenvalue weighted by molar-refractivity contribution is 6.02. The van der Waals surface area contributed by atoms with E-state index in [1.165, 1.54) is 29.6 Å². The Kier molecular flexibility index (Phi) is 8.98. The van der Waals surface area contributed by atoms with Gasteiger partial charge in [-0.1, -0.05) is 43.0 Å². The van der Waals surface area contributed by atoms with Crippen LogP contribution in [0.25, 0.3) is 0 Å². The van der Waals surface area contributed by atoms with Crippen molar-refractivity contribution in [2.75, 3.05) is 7.05 Å². The van der Waals surface area contributed by atoms with E-state index < -0.39 is 0 Å². The highest BCUT2D eigenvalue weighted by Crippen LogP contribution is 2.34. The van der Waals surface area contributed by atoms with E-state index in [2.05, 4.69) is 61.1 Å². The van der Waals surface area contributed by atoms with E-state index in [0.717, 1.165) is 29.4 Å². The molecule has 0 unspecified atom stereocenters. The molecule has 1 N–H and O–H groups in total. The standard InChI is InChI=1S/C23H34N2/c1-8-10-12-21(11-9-2)18(5)23(24-7)22(16-15-20-13-14-20)19(6)25-17(3)4/h8-12,16,20,24H,3,13-15H2,1-2,4-7H3/b10-8+,11-9-,21-12+,22-16+,23-18-,25-19?. The summed E-state index contributed by atoms with van der Waals surface area (Å²) in [6.07, 6.45) is 16.7. The van der Waals surface area contributed by atoms with E-state index in [1.807, 2.05) is 33.9 Å². The molecule has 136 valence electrons. The number of allylic oxidation sites excluding steroid dienone is 10. The van der Waals surface area contributed by atoms with Crippen LogP contribution in [0.1, 0.15) is 53.9 Å². The zero-order chi connectivity index (χ0) is 18.8. The van der Waals surface area contributed by atoms with Gasteiger partial charge in [-0.3, -0.25) is 4.99 Å². The van der Waals surface area contributed by atoms with Gasteiger partial charge in [0, 0.05) is 29.7 Å². The zero-order valence-corrected chi connectivity index (χ0v) is 16.8. The molecule has 0 aromatic carbocycles. The van der Waals surface area contributed by atoms with Crippen LogP contribution in [0.15, 0.2) is 76.1 Å². The van der Waals surface area contributed by atoms with E-state index in [4.69, 9.17) is 0 Å². The minimum Gasteiger partial charge on any atom is -0.387 e. The number of nitrogens with one attached hydrogen (secondary N) is 1. The average Bonchev–Trinajstić information content (AvgIpc) is 3.38. The van der Waals surface area contributed by atoms with Crippen LogP contribution in [0.5, 0.6) is 0 Å². The number of likely N-dealkylation sites (N-methyl/N-ethyl adjacent to an activating group) is 1. The molecule has 0 heterocycles. The van der Waals surface area contributed by atoms with Gasteiger partial charge in [-0.25, -0.2) is 0 Å². The smallest absolute Gasteiger partial charge is 0.0465 e. The molecule has 0 spiro atoms. The summed E-state index contributed by atoms with van der Waals surface area (Å²) in [6, 6.07) is 0. The van der Waals surface area contributed by atoms with Gasteiger partial charge >= 0.3 is 0 Å². The number of hydrogen-bond donors (Lipinski definition) is 1. The fraction of sp³-hybridized carbons (Fsp3) is 0.435. The lowest BCUT2D eigenvalue weighted by Crippen LogP contribution is -2.16. The van der Waals surface area contributed by atoms with Crippen molar-refractivity contribution in [3.05, 3.63) is 71.1 Å². The van der Waals surface area contributed by atoms with Crippen LogP contribution in [-0.4, -0.2) is 12.8 Å². The third kappa shape index (κ3) is 7.13.